The number of quaternary nitrogens is 1. The van der Waals surface area contributed by atoms with E-state index < -0.39 is 0 Å². The number of benzene rings is 1. The molecule has 0 bridgehead atoms. The summed E-state index contributed by atoms with van der Waals surface area (Å²) in [7, 11) is 3.55. The van der Waals surface area contributed by atoms with Gasteiger partial charge in [-0.2, -0.15) is 0 Å². The van der Waals surface area contributed by atoms with Crippen LogP contribution in [0.25, 0.3) is 0 Å². The summed E-state index contributed by atoms with van der Waals surface area (Å²) in [4.78, 5) is 13.4. The number of para-hydroxylation sites is 2. The molecule has 1 aromatic heterocycles. The quantitative estimate of drug-likeness (QED) is 0.843. The second kappa shape index (κ2) is 6.95. The molecule has 112 valence electrons. The van der Waals surface area contributed by atoms with Crippen LogP contribution in [0.2, 0.25) is 0 Å². The van der Waals surface area contributed by atoms with Crippen molar-refractivity contribution in [2.24, 2.45) is 0 Å². The first-order chi connectivity index (χ1) is 10.1. The van der Waals surface area contributed by atoms with Gasteiger partial charge >= 0.3 is 0 Å². The molecule has 0 aliphatic rings. The van der Waals surface area contributed by atoms with Crippen LogP contribution >= 0.6 is 0 Å². The number of likely N-dealkylation sites (N-methyl/N-ethyl adjacent to an activating group) is 1. The number of methoxy groups -OCH3 is 1. The molecular formula is C16H21N2O3+. The predicted molar refractivity (Wildman–Crippen MR) is 80.4 cm³/mol. The average Bonchev–Trinajstić information content (AvgIpc) is 2.99. The van der Waals surface area contributed by atoms with Crippen LogP contribution in [0.3, 0.4) is 0 Å². The molecule has 0 saturated carbocycles. The third kappa shape index (κ3) is 3.86. The van der Waals surface area contributed by atoms with Gasteiger partial charge in [-0.15, -0.1) is 0 Å². The van der Waals surface area contributed by atoms with Gasteiger partial charge in [0.25, 0.3) is 5.91 Å². The molecular weight excluding hydrogens is 268 g/mol. The summed E-state index contributed by atoms with van der Waals surface area (Å²) in [6, 6.07) is 10.9. The molecule has 2 N–H and O–H groups in total. The van der Waals surface area contributed by atoms with Gasteiger partial charge < -0.3 is 19.4 Å². The fraction of sp³-hybridized carbons (Fsp3) is 0.312. The summed E-state index contributed by atoms with van der Waals surface area (Å²) in [5.74, 6) is 1.47. The lowest BCUT2D eigenvalue weighted by Crippen LogP contribution is -3.12. The number of furan rings is 1. The smallest absolute Gasteiger partial charge is 0.282 e. The van der Waals surface area contributed by atoms with Crippen molar-refractivity contribution in [2.45, 2.75) is 19.5 Å². The van der Waals surface area contributed by atoms with Gasteiger partial charge in [0.2, 0.25) is 0 Å². The van der Waals surface area contributed by atoms with E-state index in [1.54, 1.807) is 13.4 Å². The summed E-state index contributed by atoms with van der Waals surface area (Å²) in [6.07, 6.45) is 1.64. The third-order valence-electron chi connectivity index (χ3n) is 3.53. The Morgan fingerprint density at radius 1 is 1.33 bits per heavy atom. The zero-order chi connectivity index (χ0) is 15.2. The lowest BCUT2D eigenvalue weighted by molar-refractivity contribution is -0.908. The Bertz CT molecular complexity index is 581. The third-order valence-corrected chi connectivity index (χ3v) is 3.53. The molecule has 0 spiro atoms. The molecule has 2 rings (SSSR count). The van der Waals surface area contributed by atoms with E-state index in [2.05, 4.69) is 5.32 Å². The van der Waals surface area contributed by atoms with Gasteiger partial charge in [-0.3, -0.25) is 4.79 Å². The summed E-state index contributed by atoms with van der Waals surface area (Å²) in [6.45, 7) is 2.55. The summed E-state index contributed by atoms with van der Waals surface area (Å²) < 4.78 is 10.6. The van der Waals surface area contributed by atoms with Crippen molar-refractivity contribution in [3.63, 3.8) is 0 Å². The minimum absolute atomic E-state index is 0.0523. The SMILES string of the molecule is COc1ccccc1NC(=O)[C@H](C)[NH+](C)Cc1ccco1. The second-order valence-electron chi connectivity index (χ2n) is 5.01. The minimum atomic E-state index is -0.208. The normalized spacial score (nSPS) is 13.5. The van der Waals surface area contributed by atoms with Crippen molar-refractivity contribution in [3.05, 3.63) is 48.4 Å². The van der Waals surface area contributed by atoms with Gasteiger partial charge in [-0.25, -0.2) is 0 Å². The molecule has 0 radical (unpaired) electrons. The van der Waals surface area contributed by atoms with Gasteiger partial charge in [-0.05, 0) is 31.2 Å². The van der Waals surface area contributed by atoms with Crippen LogP contribution in [-0.2, 0) is 11.3 Å². The number of nitrogens with one attached hydrogen (secondary N) is 2. The first-order valence-corrected chi connectivity index (χ1v) is 6.90. The Morgan fingerprint density at radius 2 is 2.10 bits per heavy atom. The van der Waals surface area contributed by atoms with Crippen LogP contribution in [0, 0.1) is 0 Å². The van der Waals surface area contributed by atoms with Crippen molar-refractivity contribution >= 4 is 11.6 Å². The predicted octanol–water partition coefficient (Wildman–Crippen LogP) is 1.33. The Morgan fingerprint density at radius 3 is 2.76 bits per heavy atom. The second-order valence-corrected chi connectivity index (χ2v) is 5.01. The fourth-order valence-electron chi connectivity index (χ4n) is 2.05. The summed E-state index contributed by atoms with van der Waals surface area (Å²) in [5, 5.41) is 2.91. The number of hydrogen-bond donors (Lipinski definition) is 2. The van der Waals surface area contributed by atoms with Crippen molar-refractivity contribution in [1.29, 1.82) is 0 Å². The van der Waals surface area contributed by atoms with Gasteiger partial charge in [0.05, 0.1) is 26.1 Å². The minimum Gasteiger partial charge on any atom is -0.495 e. The highest BCUT2D eigenvalue weighted by Gasteiger charge is 2.23. The van der Waals surface area contributed by atoms with Crippen molar-refractivity contribution in [3.8, 4) is 5.75 Å². The van der Waals surface area contributed by atoms with Crippen molar-refractivity contribution in [2.75, 3.05) is 19.5 Å². The van der Waals surface area contributed by atoms with E-state index in [-0.39, 0.29) is 11.9 Å². The number of hydrogen-bond acceptors (Lipinski definition) is 3. The molecule has 0 aliphatic heterocycles. The number of carbonyl (C=O) groups is 1. The Balaban J connectivity index is 1.98. The molecule has 5 nitrogen and oxygen atoms in total. The Labute approximate surface area is 124 Å². The zero-order valence-corrected chi connectivity index (χ0v) is 12.6. The van der Waals surface area contributed by atoms with E-state index in [4.69, 9.17) is 9.15 Å². The highest BCUT2D eigenvalue weighted by atomic mass is 16.5. The number of amides is 1. The van der Waals surface area contributed by atoms with E-state index >= 15 is 0 Å². The lowest BCUT2D eigenvalue weighted by atomic mass is 10.2. The van der Waals surface area contributed by atoms with Crippen LogP contribution in [0.1, 0.15) is 12.7 Å². The molecule has 0 saturated heterocycles. The van der Waals surface area contributed by atoms with Crippen LogP contribution in [0.5, 0.6) is 5.75 Å². The topological polar surface area (TPSA) is 55.9 Å². The van der Waals surface area contributed by atoms with E-state index in [1.807, 2.05) is 50.4 Å². The van der Waals surface area contributed by atoms with Crippen LogP contribution in [0.15, 0.2) is 47.1 Å². The van der Waals surface area contributed by atoms with Crippen molar-refractivity contribution < 1.29 is 18.8 Å². The molecule has 1 amide bonds. The maximum absolute atomic E-state index is 12.3. The molecule has 1 unspecified atom stereocenters. The number of anilines is 1. The standard InChI is InChI=1S/C16H20N2O3/c1-12(18(2)11-13-7-6-10-21-13)16(19)17-14-8-4-5-9-15(14)20-3/h4-10,12H,11H2,1-3H3,(H,17,19)/p+1/t12-/m0/s1. The van der Waals surface area contributed by atoms with Crippen LogP contribution < -0.4 is 15.0 Å². The molecule has 2 atom stereocenters. The van der Waals surface area contributed by atoms with Gasteiger partial charge in [-0.1, -0.05) is 12.1 Å². The molecule has 1 heterocycles. The molecule has 1 aromatic carbocycles. The molecule has 0 fully saturated rings. The molecule has 21 heavy (non-hydrogen) atoms. The largest absolute Gasteiger partial charge is 0.495 e. The van der Waals surface area contributed by atoms with Crippen molar-refractivity contribution in [1.82, 2.24) is 0 Å². The zero-order valence-electron chi connectivity index (χ0n) is 12.6. The maximum Gasteiger partial charge on any atom is 0.282 e. The van der Waals surface area contributed by atoms with Gasteiger partial charge in [0.1, 0.15) is 12.3 Å². The van der Waals surface area contributed by atoms with E-state index in [1.165, 1.54) is 0 Å². The first-order valence-electron chi connectivity index (χ1n) is 6.90. The highest BCUT2D eigenvalue weighted by Crippen LogP contribution is 2.22. The number of carbonyl (C=O) groups excluding carboxylic acids is 1. The summed E-state index contributed by atoms with van der Waals surface area (Å²) in [5.41, 5.74) is 0.683. The number of rotatable bonds is 6. The maximum atomic E-state index is 12.3. The van der Waals surface area contributed by atoms with Crippen LogP contribution in [0.4, 0.5) is 5.69 Å². The first kappa shape index (κ1) is 15.1. The summed E-state index contributed by atoms with van der Waals surface area (Å²) >= 11 is 0. The van der Waals surface area contributed by atoms with Gasteiger partial charge in [0.15, 0.2) is 11.8 Å². The van der Waals surface area contributed by atoms with E-state index in [0.29, 0.717) is 18.0 Å². The molecule has 5 heteroatoms. The number of ether oxygens (including phenoxy) is 1. The van der Waals surface area contributed by atoms with E-state index in [0.717, 1.165) is 10.7 Å². The Kier molecular flexibility index (Phi) is 5.00. The van der Waals surface area contributed by atoms with Gasteiger partial charge in [0, 0.05) is 0 Å². The molecule has 2 aromatic rings. The molecule has 0 aliphatic carbocycles. The Hall–Kier alpha value is -2.27. The monoisotopic (exact) mass is 289 g/mol. The highest BCUT2D eigenvalue weighted by molar-refractivity contribution is 5.94. The van der Waals surface area contributed by atoms with E-state index in [9.17, 15) is 4.79 Å². The fourth-order valence-corrected chi connectivity index (χ4v) is 2.05. The van der Waals surface area contributed by atoms with Crippen LogP contribution in [-0.4, -0.2) is 26.1 Å². The average molecular weight is 289 g/mol. The lowest BCUT2D eigenvalue weighted by Gasteiger charge is -2.20.